The van der Waals surface area contributed by atoms with E-state index >= 15 is 0 Å². The van der Waals surface area contributed by atoms with Gasteiger partial charge < -0.3 is 10.6 Å². The molecule has 5 heteroatoms. The Kier molecular flexibility index (Phi) is 3.23. The summed E-state index contributed by atoms with van der Waals surface area (Å²) in [6.07, 6.45) is 0. The van der Waals surface area contributed by atoms with Crippen LogP contribution in [0, 0.1) is 6.92 Å². The summed E-state index contributed by atoms with van der Waals surface area (Å²) in [6, 6.07) is 5.65. The van der Waals surface area contributed by atoms with E-state index in [0.29, 0.717) is 18.9 Å². The maximum atomic E-state index is 12.3. The normalized spacial score (nSPS) is 10.8. The second-order valence-corrected chi connectivity index (χ2v) is 4.27. The highest BCUT2D eigenvalue weighted by atomic mass is 16.2. The van der Waals surface area contributed by atoms with Crippen molar-refractivity contribution in [3.05, 3.63) is 23.8 Å². The number of hydrogen-bond donors (Lipinski definition) is 1. The smallest absolute Gasteiger partial charge is 0.345 e. The van der Waals surface area contributed by atoms with Crippen molar-refractivity contribution in [2.45, 2.75) is 20.8 Å². The molecule has 2 aromatic rings. The second kappa shape index (κ2) is 4.68. The number of nitrogen functional groups attached to an aromatic ring is 1. The Morgan fingerprint density at radius 2 is 2.06 bits per heavy atom. The van der Waals surface area contributed by atoms with Crippen molar-refractivity contribution in [3.8, 4) is 0 Å². The molecule has 0 aliphatic rings. The first-order valence-corrected chi connectivity index (χ1v) is 6.12. The number of nitrogens with two attached hydrogens (primary N) is 1. The third-order valence-corrected chi connectivity index (χ3v) is 3.08. The monoisotopic (exact) mass is 246 g/mol. The molecule has 96 valence electrons. The number of fused-ring (bicyclic) bond motifs is 1. The van der Waals surface area contributed by atoms with Crippen LogP contribution in [0.15, 0.2) is 18.2 Å². The highest BCUT2D eigenvalue weighted by molar-refractivity contribution is 5.96. The summed E-state index contributed by atoms with van der Waals surface area (Å²) in [5, 5.41) is 4.98. The zero-order chi connectivity index (χ0) is 13.3. The third kappa shape index (κ3) is 1.92. The van der Waals surface area contributed by atoms with Crippen molar-refractivity contribution in [2.75, 3.05) is 18.8 Å². The molecule has 1 aromatic heterocycles. The molecule has 18 heavy (non-hydrogen) atoms. The van der Waals surface area contributed by atoms with Crippen LogP contribution >= 0.6 is 0 Å². The maximum absolute atomic E-state index is 12.3. The molecule has 5 nitrogen and oxygen atoms in total. The van der Waals surface area contributed by atoms with Gasteiger partial charge >= 0.3 is 6.03 Å². The molecule has 1 amide bonds. The number of carbonyl (C=O) groups excluding carboxylic acids is 1. The fraction of sp³-hybridized carbons (Fsp3) is 0.385. The summed E-state index contributed by atoms with van der Waals surface area (Å²) in [7, 11) is 0. The highest BCUT2D eigenvalue weighted by Crippen LogP contribution is 2.22. The van der Waals surface area contributed by atoms with E-state index in [1.807, 2.05) is 39.0 Å². The molecule has 0 radical (unpaired) electrons. The van der Waals surface area contributed by atoms with Gasteiger partial charge in [0, 0.05) is 18.5 Å². The summed E-state index contributed by atoms with van der Waals surface area (Å²) in [5.41, 5.74) is 7.72. The Hall–Kier alpha value is -2.04. The van der Waals surface area contributed by atoms with Crippen molar-refractivity contribution < 1.29 is 4.79 Å². The fourth-order valence-corrected chi connectivity index (χ4v) is 2.03. The molecule has 0 spiro atoms. The predicted molar refractivity (Wildman–Crippen MR) is 72.6 cm³/mol. The summed E-state index contributed by atoms with van der Waals surface area (Å²) < 4.78 is 1.39. The van der Waals surface area contributed by atoms with Gasteiger partial charge in [-0.2, -0.15) is 4.68 Å². The lowest BCUT2D eigenvalue weighted by Crippen LogP contribution is -2.34. The molecule has 1 heterocycles. The second-order valence-electron chi connectivity index (χ2n) is 4.27. The number of amides is 1. The first kappa shape index (κ1) is 12.4. The van der Waals surface area contributed by atoms with E-state index in [1.165, 1.54) is 4.68 Å². The Morgan fingerprint density at radius 3 is 2.67 bits per heavy atom. The van der Waals surface area contributed by atoms with Crippen LogP contribution in [0.3, 0.4) is 0 Å². The molecule has 2 N–H and O–H groups in total. The molecule has 0 fully saturated rings. The van der Waals surface area contributed by atoms with Crippen LogP contribution in [0.5, 0.6) is 0 Å². The van der Waals surface area contributed by atoms with Crippen LogP contribution < -0.4 is 5.73 Å². The Balaban J connectivity index is 2.55. The van der Waals surface area contributed by atoms with Gasteiger partial charge in [0.15, 0.2) is 5.82 Å². The van der Waals surface area contributed by atoms with Crippen LogP contribution in [0.4, 0.5) is 10.6 Å². The van der Waals surface area contributed by atoms with Crippen molar-refractivity contribution in [1.82, 2.24) is 14.7 Å². The number of hydrogen-bond acceptors (Lipinski definition) is 3. The number of nitrogens with zero attached hydrogens (tertiary/aromatic N) is 3. The number of benzene rings is 1. The van der Waals surface area contributed by atoms with Gasteiger partial charge in [-0.1, -0.05) is 11.6 Å². The average molecular weight is 246 g/mol. The first-order valence-electron chi connectivity index (χ1n) is 6.12. The molecule has 0 bridgehead atoms. The van der Waals surface area contributed by atoms with E-state index in [1.54, 1.807) is 4.90 Å². The molecular formula is C13H18N4O. The van der Waals surface area contributed by atoms with Gasteiger partial charge in [0.25, 0.3) is 0 Å². The van der Waals surface area contributed by atoms with E-state index in [2.05, 4.69) is 5.10 Å². The highest BCUT2D eigenvalue weighted by Gasteiger charge is 2.17. The number of anilines is 1. The van der Waals surface area contributed by atoms with Gasteiger partial charge in [-0.05, 0) is 32.9 Å². The molecule has 0 saturated heterocycles. The fourth-order valence-electron chi connectivity index (χ4n) is 2.03. The zero-order valence-corrected chi connectivity index (χ0v) is 11.0. The van der Waals surface area contributed by atoms with E-state index in [4.69, 9.17) is 5.73 Å². The van der Waals surface area contributed by atoms with Gasteiger partial charge in [-0.15, -0.1) is 5.10 Å². The van der Waals surface area contributed by atoms with Gasteiger partial charge in [0.05, 0.1) is 5.52 Å². The molecule has 0 aliphatic heterocycles. The number of aryl methyl sites for hydroxylation is 1. The van der Waals surface area contributed by atoms with Crippen molar-refractivity contribution in [1.29, 1.82) is 0 Å². The maximum Gasteiger partial charge on any atom is 0.345 e. The number of rotatable bonds is 2. The average Bonchev–Trinajstić information content (AvgIpc) is 2.68. The molecule has 0 aliphatic carbocycles. The Morgan fingerprint density at radius 1 is 1.39 bits per heavy atom. The molecular weight excluding hydrogens is 228 g/mol. The minimum atomic E-state index is -0.134. The summed E-state index contributed by atoms with van der Waals surface area (Å²) in [6.45, 7) is 7.19. The van der Waals surface area contributed by atoms with Gasteiger partial charge in [-0.3, -0.25) is 0 Å². The van der Waals surface area contributed by atoms with Crippen LogP contribution in [0.1, 0.15) is 19.4 Å². The van der Waals surface area contributed by atoms with Crippen molar-refractivity contribution in [2.24, 2.45) is 0 Å². The van der Waals surface area contributed by atoms with E-state index in [0.717, 1.165) is 16.5 Å². The number of carbonyl (C=O) groups is 1. The minimum absolute atomic E-state index is 0.134. The van der Waals surface area contributed by atoms with E-state index in [-0.39, 0.29) is 6.03 Å². The summed E-state index contributed by atoms with van der Waals surface area (Å²) in [4.78, 5) is 14.0. The van der Waals surface area contributed by atoms with Gasteiger partial charge in [0.2, 0.25) is 0 Å². The minimum Gasteiger partial charge on any atom is -0.382 e. The third-order valence-electron chi connectivity index (χ3n) is 3.08. The van der Waals surface area contributed by atoms with E-state index < -0.39 is 0 Å². The topological polar surface area (TPSA) is 64.2 Å². The molecule has 2 rings (SSSR count). The summed E-state index contributed by atoms with van der Waals surface area (Å²) in [5.74, 6) is 0.397. The Bertz CT molecular complexity index is 584. The molecule has 0 atom stereocenters. The quantitative estimate of drug-likeness (QED) is 0.883. The first-order chi connectivity index (χ1) is 8.58. The van der Waals surface area contributed by atoms with Crippen LogP contribution in [-0.2, 0) is 0 Å². The summed E-state index contributed by atoms with van der Waals surface area (Å²) >= 11 is 0. The van der Waals surface area contributed by atoms with Gasteiger partial charge in [0.1, 0.15) is 0 Å². The standard InChI is InChI=1S/C13H18N4O/c1-4-16(5-2)13(18)17-11-7-6-9(3)8-10(11)12(14)15-17/h6-8H,4-5H2,1-3H3,(H2,14,15). The largest absolute Gasteiger partial charge is 0.382 e. The molecule has 0 unspecified atom stereocenters. The lowest BCUT2D eigenvalue weighted by molar-refractivity contribution is 0.203. The zero-order valence-electron chi connectivity index (χ0n) is 11.0. The van der Waals surface area contributed by atoms with Crippen LogP contribution in [0.2, 0.25) is 0 Å². The van der Waals surface area contributed by atoms with Crippen LogP contribution in [-0.4, -0.2) is 33.8 Å². The molecule has 0 saturated carbocycles. The Labute approximate surface area is 106 Å². The predicted octanol–water partition coefficient (Wildman–Crippen LogP) is 2.24. The lowest BCUT2D eigenvalue weighted by Gasteiger charge is -2.18. The molecule has 1 aromatic carbocycles. The SMILES string of the molecule is CCN(CC)C(=O)n1nc(N)c2cc(C)ccc21. The van der Waals surface area contributed by atoms with Crippen LogP contribution in [0.25, 0.3) is 10.9 Å². The van der Waals surface area contributed by atoms with Crippen molar-refractivity contribution in [3.63, 3.8) is 0 Å². The van der Waals surface area contributed by atoms with Crippen molar-refractivity contribution >= 4 is 22.8 Å². The van der Waals surface area contributed by atoms with Gasteiger partial charge in [-0.25, -0.2) is 4.79 Å². The lowest BCUT2D eigenvalue weighted by atomic mass is 10.2. The van der Waals surface area contributed by atoms with E-state index in [9.17, 15) is 4.79 Å². The number of aromatic nitrogens is 2.